The zero-order valence-electron chi connectivity index (χ0n) is 19.1. The largest absolute Gasteiger partial charge is 0.508 e. The molecule has 7 N–H and O–H groups in total. The van der Waals surface area contributed by atoms with Crippen LogP contribution in [0.5, 0.6) is 5.75 Å². The van der Waals surface area contributed by atoms with Crippen molar-refractivity contribution < 1.29 is 27.9 Å². The smallest absolute Gasteiger partial charge is 0.416 e. The molecule has 0 saturated heterocycles. The number of phenolic OH excluding ortho intramolecular Hbond substituents is 1. The van der Waals surface area contributed by atoms with Gasteiger partial charge in [0.25, 0.3) is 11.8 Å². The number of nitrogens with two attached hydrogens (primary N) is 1. The number of aromatic amines is 1. The summed E-state index contributed by atoms with van der Waals surface area (Å²) in [6.45, 7) is 0.332. The van der Waals surface area contributed by atoms with Crippen LogP contribution < -0.4 is 21.7 Å². The van der Waals surface area contributed by atoms with Gasteiger partial charge in [-0.3, -0.25) is 14.7 Å². The molecule has 1 aromatic heterocycles. The summed E-state index contributed by atoms with van der Waals surface area (Å²) in [6, 6.07) is 16.8. The molecule has 2 amide bonds. The number of hydrogen-bond donors (Lipinski definition) is 6. The van der Waals surface area contributed by atoms with Gasteiger partial charge in [-0.25, -0.2) is 0 Å². The van der Waals surface area contributed by atoms with Crippen molar-refractivity contribution in [1.82, 2.24) is 10.2 Å². The van der Waals surface area contributed by atoms with Gasteiger partial charge in [0.15, 0.2) is 5.82 Å². The van der Waals surface area contributed by atoms with Crippen LogP contribution in [0.4, 0.5) is 36.2 Å². The van der Waals surface area contributed by atoms with E-state index in [4.69, 9.17) is 5.73 Å². The third-order valence-corrected chi connectivity index (χ3v) is 5.30. The highest BCUT2D eigenvalue weighted by Gasteiger charge is 2.30. The number of amides is 2. The number of nitrogens with zero attached hydrogens (tertiary/aromatic N) is 1. The maximum Gasteiger partial charge on any atom is 0.416 e. The van der Waals surface area contributed by atoms with Crippen LogP contribution in [-0.4, -0.2) is 27.1 Å². The number of H-pyrrole nitrogens is 1. The van der Waals surface area contributed by atoms with Crippen LogP contribution >= 0.6 is 0 Å². The molecule has 0 spiro atoms. The molecule has 0 aliphatic heterocycles. The van der Waals surface area contributed by atoms with Crippen molar-refractivity contribution >= 4 is 34.8 Å². The molecule has 0 saturated carbocycles. The Morgan fingerprint density at radius 1 is 0.919 bits per heavy atom. The highest BCUT2D eigenvalue weighted by Crippen LogP contribution is 2.29. The summed E-state index contributed by atoms with van der Waals surface area (Å²) in [6.07, 6.45) is -4.48. The normalized spacial score (nSPS) is 11.1. The fourth-order valence-electron chi connectivity index (χ4n) is 3.39. The van der Waals surface area contributed by atoms with Crippen molar-refractivity contribution in [2.45, 2.75) is 12.7 Å². The van der Waals surface area contributed by atoms with E-state index in [-0.39, 0.29) is 28.5 Å². The van der Waals surface area contributed by atoms with Crippen molar-refractivity contribution in [3.8, 4) is 5.75 Å². The van der Waals surface area contributed by atoms with Gasteiger partial charge < -0.3 is 26.8 Å². The number of halogens is 3. The van der Waals surface area contributed by atoms with Crippen LogP contribution in [0.2, 0.25) is 0 Å². The molecule has 4 aromatic rings. The lowest BCUT2D eigenvalue weighted by Gasteiger charge is -2.10. The number of benzene rings is 3. The predicted octanol–water partition coefficient (Wildman–Crippen LogP) is 4.84. The first-order valence-electron chi connectivity index (χ1n) is 10.9. The van der Waals surface area contributed by atoms with E-state index in [0.29, 0.717) is 17.9 Å². The van der Waals surface area contributed by atoms with Gasteiger partial charge in [-0.05, 0) is 66.2 Å². The van der Waals surface area contributed by atoms with Crippen molar-refractivity contribution in [1.29, 1.82) is 0 Å². The van der Waals surface area contributed by atoms with Crippen LogP contribution in [0.25, 0.3) is 0 Å². The molecule has 3 aromatic carbocycles. The van der Waals surface area contributed by atoms with Crippen molar-refractivity contribution in [3.63, 3.8) is 0 Å². The molecule has 9 nitrogen and oxygen atoms in total. The van der Waals surface area contributed by atoms with Crippen molar-refractivity contribution in [3.05, 3.63) is 95.1 Å². The standard InChI is InChI=1S/C25H21F3N6O3/c26-25(27,28)16-5-3-15(4-6-16)24(37)32-18-9-7-17(8-10-18)31-23-20(21(29)36)22(33-34-23)30-13-14-1-11-19(35)12-2-14/h1-12,35H,13H2,(H2,29,36)(H,32,37)(H3,30,31,33,34). The molecule has 0 bridgehead atoms. The number of hydrogen-bond acceptors (Lipinski definition) is 6. The molecule has 1 heterocycles. The summed E-state index contributed by atoms with van der Waals surface area (Å²) >= 11 is 0. The molecule has 0 aliphatic carbocycles. The highest BCUT2D eigenvalue weighted by molar-refractivity contribution is 6.04. The quantitative estimate of drug-likeness (QED) is 0.200. The van der Waals surface area contributed by atoms with E-state index >= 15 is 0 Å². The lowest BCUT2D eigenvalue weighted by Crippen LogP contribution is -2.15. The van der Waals surface area contributed by atoms with Gasteiger partial charge in [-0.15, -0.1) is 0 Å². The molecule has 0 atom stereocenters. The zero-order valence-corrected chi connectivity index (χ0v) is 19.1. The molecule has 190 valence electrons. The van der Waals surface area contributed by atoms with E-state index in [1.807, 2.05) is 0 Å². The van der Waals surface area contributed by atoms with E-state index < -0.39 is 23.6 Å². The number of carbonyl (C=O) groups is 2. The van der Waals surface area contributed by atoms with Gasteiger partial charge in [0.2, 0.25) is 0 Å². The number of aromatic hydroxyl groups is 1. The van der Waals surface area contributed by atoms with Crippen molar-refractivity contribution in [2.75, 3.05) is 16.0 Å². The molecule has 4 rings (SSSR count). The molecule has 0 aliphatic rings. The van der Waals surface area contributed by atoms with E-state index in [9.17, 15) is 27.9 Å². The van der Waals surface area contributed by atoms with Crippen LogP contribution in [-0.2, 0) is 12.7 Å². The van der Waals surface area contributed by atoms with Crippen LogP contribution in [0.15, 0.2) is 72.8 Å². The van der Waals surface area contributed by atoms with E-state index in [1.165, 1.54) is 0 Å². The number of anilines is 4. The van der Waals surface area contributed by atoms with Gasteiger partial charge >= 0.3 is 6.18 Å². The van der Waals surface area contributed by atoms with E-state index in [1.54, 1.807) is 48.5 Å². The Balaban J connectivity index is 1.40. The first-order chi connectivity index (χ1) is 17.6. The molecule has 0 radical (unpaired) electrons. The summed E-state index contributed by atoms with van der Waals surface area (Å²) in [5.74, 6) is -0.656. The topological polar surface area (TPSA) is 145 Å². The number of phenols is 1. The molecule has 37 heavy (non-hydrogen) atoms. The Morgan fingerprint density at radius 2 is 1.54 bits per heavy atom. The summed E-state index contributed by atoms with van der Waals surface area (Å²) < 4.78 is 38.1. The van der Waals surface area contributed by atoms with E-state index in [0.717, 1.165) is 29.8 Å². The number of rotatable bonds is 8. The third-order valence-electron chi connectivity index (χ3n) is 5.30. The average molecular weight is 510 g/mol. The number of alkyl halides is 3. The summed E-state index contributed by atoms with van der Waals surface area (Å²) in [5, 5.41) is 24.8. The zero-order chi connectivity index (χ0) is 26.6. The summed E-state index contributed by atoms with van der Waals surface area (Å²) in [7, 11) is 0. The van der Waals surface area contributed by atoms with E-state index in [2.05, 4.69) is 26.1 Å². The Labute approximate surface area is 208 Å². The molecule has 12 heteroatoms. The number of primary amides is 1. The predicted molar refractivity (Wildman–Crippen MR) is 132 cm³/mol. The number of nitrogens with one attached hydrogen (secondary N) is 4. The van der Waals surface area contributed by atoms with Gasteiger partial charge in [0, 0.05) is 23.5 Å². The minimum atomic E-state index is -4.48. The summed E-state index contributed by atoms with van der Waals surface area (Å²) in [4.78, 5) is 24.4. The lowest BCUT2D eigenvalue weighted by atomic mass is 10.1. The van der Waals surface area contributed by atoms with Crippen LogP contribution in [0.1, 0.15) is 31.8 Å². The fraction of sp³-hybridized carbons (Fsp3) is 0.0800. The third kappa shape index (κ3) is 6.17. The van der Waals surface area contributed by atoms with Crippen molar-refractivity contribution in [2.24, 2.45) is 5.73 Å². The first-order valence-corrected chi connectivity index (χ1v) is 10.9. The van der Waals surface area contributed by atoms with Crippen LogP contribution in [0, 0.1) is 0 Å². The van der Waals surface area contributed by atoms with Gasteiger partial charge in [0.1, 0.15) is 17.1 Å². The Hall–Kier alpha value is -5.00. The average Bonchev–Trinajstić information content (AvgIpc) is 3.27. The fourth-order valence-corrected chi connectivity index (χ4v) is 3.39. The Kier molecular flexibility index (Phi) is 7.00. The molecular weight excluding hydrogens is 489 g/mol. The van der Waals surface area contributed by atoms with Gasteiger partial charge in [0.05, 0.1) is 5.56 Å². The highest BCUT2D eigenvalue weighted by atomic mass is 19.4. The molecular formula is C25H21F3N6O3. The second kappa shape index (κ2) is 10.3. The molecule has 0 fully saturated rings. The Bertz CT molecular complexity index is 1400. The van der Waals surface area contributed by atoms with Crippen LogP contribution in [0.3, 0.4) is 0 Å². The molecule has 0 unspecified atom stereocenters. The monoisotopic (exact) mass is 510 g/mol. The minimum Gasteiger partial charge on any atom is -0.508 e. The number of aromatic nitrogens is 2. The maximum absolute atomic E-state index is 12.7. The first kappa shape index (κ1) is 25.1. The van der Waals surface area contributed by atoms with Gasteiger partial charge in [-0.1, -0.05) is 12.1 Å². The number of carbonyl (C=O) groups excluding carboxylic acids is 2. The summed E-state index contributed by atoms with van der Waals surface area (Å²) in [5.41, 5.74) is 6.69. The Morgan fingerprint density at radius 3 is 2.14 bits per heavy atom. The second-order valence-electron chi connectivity index (χ2n) is 7.94. The minimum absolute atomic E-state index is 0.0751. The van der Waals surface area contributed by atoms with Gasteiger partial charge in [-0.2, -0.15) is 18.3 Å². The maximum atomic E-state index is 12.7. The second-order valence-corrected chi connectivity index (χ2v) is 7.94. The lowest BCUT2D eigenvalue weighted by molar-refractivity contribution is -0.137. The SMILES string of the molecule is NC(=O)c1c(NCc2ccc(O)cc2)n[nH]c1Nc1ccc(NC(=O)c2ccc(C(F)(F)F)cc2)cc1.